The van der Waals surface area contributed by atoms with Gasteiger partial charge >= 0.3 is 6.61 Å². The van der Waals surface area contributed by atoms with Crippen LogP contribution in [0.25, 0.3) is 11.5 Å². The Kier molecular flexibility index (Phi) is 5.82. The zero-order valence-electron chi connectivity index (χ0n) is 13.6. The van der Waals surface area contributed by atoms with E-state index in [1.165, 1.54) is 24.6 Å². The molecule has 0 atom stereocenters. The fourth-order valence-corrected chi connectivity index (χ4v) is 2.33. The smallest absolute Gasteiger partial charge is 0.387 e. The molecule has 1 aromatic heterocycles. The Hall–Kier alpha value is -3.20. The highest BCUT2D eigenvalue weighted by Gasteiger charge is 2.11. The predicted molar refractivity (Wildman–Crippen MR) is 91.9 cm³/mol. The molecule has 0 aliphatic carbocycles. The van der Waals surface area contributed by atoms with Gasteiger partial charge in [-0.3, -0.25) is 4.79 Å². The molecule has 27 heavy (non-hydrogen) atoms. The minimum Gasteiger partial charge on any atom is -0.484 e. The van der Waals surface area contributed by atoms with Crippen LogP contribution < -0.4 is 14.8 Å². The highest BCUT2D eigenvalue weighted by atomic mass is 35.5. The van der Waals surface area contributed by atoms with E-state index in [1.54, 1.807) is 24.3 Å². The molecule has 0 saturated heterocycles. The fourth-order valence-electron chi connectivity index (χ4n) is 2.11. The van der Waals surface area contributed by atoms with Crippen molar-refractivity contribution in [3.8, 4) is 23.0 Å². The molecule has 7 nitrogen and oxygen atoms in total. The van der Waals surface area contributed by atoms with Crippen molar-refractivity contribution < 1.29 is 27.5 Å². The highest BCUT2D eigenvalue weighted by molar-refractivity contribution is 6.32. The summed E-state index contributed by atoms with van der Waals surface area (Å²) in [6.07, 6.45) is 1.22. The van der Waals surface area contributed by atoms with E-state index in [0.29, 0.717) is 22.9 Å². The summed E-state index contributed by atoms with van der Waals surface area (Å²) in [7, 11) is 0. The number of benzene rings is 2. The topological polar surface area (TPSA) is 86.5 Å². The number of nitrogens with zero attached hydrogens (tertiary/aromatic N) is 2. The van der Waals surface area contributed by atoms with Crippen molar-refractivity contribution >= 4 is 23.2 Å². The van der Waals surface area contributed by atoms with Gasteiger partial charge in [0.25, 0.3) is 5.91 Å². The molecule has 1 heterocycles. The summed E-state index contributed by atoms with van der Waals surface area (Å²) in [6, 6.07) is 10.7. The number of carbonyl (C=O) groups is 1. The molecule has 0 unspecified atom stereocenters. The number of rotatable bonds is 7. The maximum Gasteiger partial charge on any atom is 0.387 e. The maximum absolute atomic E-state index is 12.2. The summed E-state index contributed by atoms with van der Waals surface area (Å²) < 4.78 is 39.1. The monoisotopic (exact) mass is 395 g/mol. The standard InChI is InChI=1S/C17H12ClF2N3O4/c18-13-7-11(3-6-14(13)27-17(19)20)22-15(24)8-25-12-4-1-10(2-5-12)16-23-21-9-26-16/h1-7,9,17H,8H2,(H,22,24). The average Bonchev–Trinajstić information content (AvgIpc) is 3.17. The van der Waals surface area contributed by atoms with E-state index >= 15 is 0 Å². The number of ether oxygens (including phenoxy) is 2. The molecule has 0 radical (unpaired) electrons. The molecule has 0 fully saturated rings. The summed E-state index contributed by atoms with van der Waals surface area (Å²) in [5.41, 5.74) is 1.03. The zero-order valence-corrected chi connectivity index (χ0v) is 14.3. The quantitative estimate of drug-likeness (QED) is 0.650. The molecule has 0 aliphatic rings. The molecular formula is C17H12ClF2N3O4. The lowest BCUT2D eigenvalue weighted by molar-refractivity contribution is -0.118. The number of anilines is 1. The van der Waals surface area contributed by atoms with E-state index in [1.807, 2.05) is 0 Å². The van der Waals surface area contributed by atoms with E-state index in [9.17, 15) is 13.6 Å². The third-order valence-electron chi connectivity index (χ3n) is 3.26. The molecule has 0 bridgehead atoms. The van der Waals surface area contributed by atoms with Gasteiger partial charge < -0.3 is 19.2 Å². The van der Waals surface area contributed by atoms with Crippen LogP contribution in [-0.4, -0.2) is 29.3 Å². The summed E-state index contributed by atoms with van der Waals surface area (Å²) in [5.74, 6) is 0.208. The number of carbonyl (C=O) groups excluding carboxylic acids is 1. The second-order valence-electron chi connectivity index (χ2n) is 5.13. The molecule has 10 heteroatoms. The van der Waals surface area contributed by atoms with Gasteiger partial charge in [-0.15, -0.1) is 10.2 Å². The van der Waals surface area contributed by atoms with Crippen molar-refractivity contribution in [1.82, 2.24) is 10.2 Å². The van der Waals surface area contributed by atoms with Crippen molar-refractivity contribution in [1.29, 1.82) is 0 Å². The van der Waals surface area contributed by atoms with Gasteiger partial charge in [-0.1, -0.05) is 11.6 Å². The predicted octanol–water partition coefficient (Wildman–Crippen LogP) is 4.01. The Balaban J connectivity index is 1.53. The van der Waals surface area contributed by atoms with Gasteiger partial charge in [0.1, 0.15) is 11.5 Å². The third kappa shape index (κ3) is 5.14. The second-order valence-corrected chi connectivity index (χ2v) is 5.54. The van der Waals surface area contributed by atoms with Crippen molar-refractivity contribution in [3.63, 3.8) is 0 Å². The Morgan fingerprint density at radius 2 is 2.00 bits per heavy atom. The summed E-state index contributed by atoms with van der Waals surface area (Å²) in [6.45, 7) is -3.24. The lowest BCUT2D eigenvalue weighted by Gasteiger charge is -2.10. The van der Waals surface area contributed by atoms with E-state index < -0.39 is 12.5 Å². The molecular weight excluding hydrogens is 384 g/mol. The Morgan fingerprint density at radius 1 is 1.22 bits per heavy atom. The first-order valence-corrected chi connectivity index (χ1v) is 7.92. The van der Waals surface area contributed by atoms with Gasteiger partial charge in [-0.2, -0.15) is 8.78 Å². The number of hydrogen-bond donors (Lipinski definition) is 1. The molecule has 3 aromatic rings. The molecule has 0 saturated carbocycles. The molecule has 3 rings (SSSR count). The van der Waals surface area contributed by atoms with Gasteiger partial charge in [-0.25, -0.2) is 0 Å². The van der Waals surface area contributed by atoms with Gasteiger partial charge in [0.05, 0.1) is 5.02 Å². The molecule has 1 amide bonds. The van der Waals surface area contributed by atoms with Crippen molar-refractivity contribution in [2.75, 3.05) is 11.9 Å². The summed E-state index contributed by atoms with van der Waals surface area (Å²) in [4.78, 5) is 11.9. The van der Waals surface area contributed by atoms with E-state index in [0.717, 1.165) is 0 Å². The lowest BCUT2D eigenvalue weighted by atomic mass is 10.2. The van der Waals surface area contributed by atoms with Crippen LogP contribution >= 0.6 is 11.6 Å². The lowest BCUT2D eigenvalue weighted by Crippen LogP contribution is -2.20. The first-order valence-electron chi connectivity index (χ1n) is 7.55. The van der Waals surface area contributed by atoms with Crippen LogP contribution in [0.4, 0.5) is 14.5 Å². The van der Waals surface area contributed by atoms with Gasteiger partial charge in [0.2, 0.25) is 12.3 Å². The zero-order chi connectivity index (χ0) is 19.2. The van der Waals surface area contributed by atoms with Crippen LogP contribution in [0, 0.1) is 0 Å². The first kappa shape index (κ1) is 18.6. The Bertz CT molecular complexity index is 905. The number of aromatic nitrogens is 2. The van der Waals surface area contributed by atoms with Crippen LogP contribution in [0.1, 0.15) is 0 Å². The van der Waals surface area contributed by atoms with Crippen molar-refractivity contribution in [2.45, 2.75) is 6.61 Å². The minimum atomic E-state index is -2.98. The third-order valence-corrected chi connectivity index (χ3v) is 3.56. The molecule has 1 N–H and O–H groups in total. The van der Waals surface area contributed by atoms with Gasteiger partial charge in [-0.05, 0) is 42.5 Å². The fraction of sp³-hybridized carbons (Fsp3) is 0.118. The maximum atomic E-state index is 12.2. The summed E-state index contributed by atoms with van der Waals surface area (Å²) >= 11 is 5.83. The molecule has 2 aromatic carbocycles. The van der Waals surface area contributed by atoms with Crippen LogP contribution in [0.5, 0.6) is 11.5 Å². The highest BCUT2D eigenvalue weighted by Crippen LogP contribution is 2.29. The summed E-state index contributed by atoms with van der Waals surface area (Å²) in [5, 5.41) is 9.87. The van der Waals surface area contributed by atoms with Crippen LogP contribution in [-0.2, 0) is 4.79 Å². The van der Waals surface area contributed by atoms with Crippen molar-refractivity contribution in [2.24, 2.45) is 0 Å². The second kappa shape index (κ2) is 8.45. The van der Waals surface area contributed by atoms with Crippen molar-refractivity contribution in [3.05, 3.63) is 53.9 Å². The van der Waals surface area contributed by atoms with E-state index in [4.69, 9.17) is 20.8 Å². The Morgan fingerprint density at radius 3 is 2.63 bits per heavy atom. The minimum absolute atomic E-state index is 0.0503. The van der Waals surface area contributed by atoms with Crippen LogP contribution in [0.15, 0.2) is 53.3 Å². The SMILES string of the molecule is O=C(COc1ccc(-c2nnco2)cc1)Nc1ccc(OC(F)F)c(Cl)c1. The number of nitrogens with one attached hydrogen (secondary N) is 1. The number of hydrogen-bond acceptors (Lipinski definition) is 6. The molecule has 0 aliphatic heterocycles. The normalized spacial score (nSPS) is 10.7. The Labute approximate surface area is 156 Å². The van der Waals surface area contributed by atoms with Gasteiger partial charge in [0, 0.05) is 11.3 Å². The van der Waals surface area contributed by atoms with E-state index in [-0.39, 0.29) is 17.4 Å². The largest absolute Gasteiger partial charge is 0.484 e. The number of amides is 1. The van der Waals surface area contributed by atoms with Crippen LogP contribution in [0.3, 0.4) is 0 Å². The number of halogens is 3. The van der Waals surface area contributed by atoms with E-state index in [2.05, 4.69) is 20.3 Å². The number of alkyl halides is 2. The molecule has 0 spiro atoms. The first-order chi connectivity index (χ1) is 13.0. The average molecular weight is 396 g/mol. The van der Waals surface area contributed by atoms with Crippen LogP contribution in [0.2, 0.25) is 5.02 Å². The van der Waals surface area contributed by atoms with Gasteiger partial charge in [0.15, 0.2) is 6.61 Å². The molecule has 140 valence electrons.